The van der Waals surface area contributed by atoms with Gasteiger partial charge < -0.3 is 0 Å². The Kier molecular flexibility index (Phi) is 2.88. The summed E-state index contributed by atoms with van der Waals surface area (Å²) in [5, 5.41) is -0.198. The van der Waals surface area contributed by atoms with Gasteiger partial charge in [0.05, 0.1) is 0 Å². The Morgan fingerprint density at radius 1 is 1.12 bits per heavy atom. The van der Waals surface area contributed by atoms with Crippen LogP contribution in [0.2, 0.25) is 5.28 Å². The second kappa shape index (κ2) is 4.21. The van der Waals surface area contributed by atoms with E-state index in [1.165, 1.54) is 0 Å². The Morgan fingerprint density at radius 2 is 1.88 bits per heavy atom. The molecule has 0 spiro atoms. The highest BCUT2D eigenvalue weighted by Gasteiger charge is 2.33. The van der Waals surface area contributed by atoms with Gasteiger partial charge in [-0.3, -0.25) is 0 Å². The van der Waals surface area contributed by atoms with Crippen LogP contribution in [0.5, 0.6) is 0 Å². The molecule has 0 atom stereocenters. The van der Waals surface area contributed by atoms with Gasteiger partial charge in [-0.25, -0.2) is 15.0 Å². The molecule has 0 saturated heterocycles. The molecule has 0 bridgehead atoms. The first-order chi connectivity index (χ1) is 7.97. The fraction of sp³-hybridized carbons (Fsp3) is 0.125. The maximum absolute atomic E-state index is 12.4. The Hall–Kier alpha value is -1.83. The van der Waals surface area contributed by atoms with Gasteiger partial charge in [-0.1, -0.05) is 0 Å². The van der Waals surface area contributed by atoms with Crippen LogP contribution in [-0.4, -0.2) is 24.9 Å². The maximum Gasteiger partial charge on any atom is 0.433 e. The monoisotopic (exact) mass is 260 g/mol. The number of rotatable bonds is 1. The highest BCUT2D eigenvalue weighted by Crippen LogP contribution is 2.27. The van der Waals surface area contributed by atoms with Gasteiger partial charge in [-0.05, 0) is 17.7 Å². The maximum atomic E-state index is 12.4. The summed E-state index contributed by atoms with van der Waals surface area (Å²) in [4.78, 5) is 17.4. The Morgan fingerprint density at radius 3 is 2.53 bits per heavy atom. The average molecular weight is 261 g/mol. The zero-order valence-corrected chi connectivity index (χ0v) is 8.66. The molecule has 2 heterocycles. The molecule has 0 aromatic carbocycles. The summed E-state index contributed by atoms with van der Waals surface area (Å²) < 4.78 is 37.2. The van der Waals surface area contributed by atoms with E-state index in [0.29, 0.717) is 0 Å². The van der Waals surface area contributed by atoms with E-state index < -0.39 is 11.9 Å². The Labute approximate surface area is 97.8 Å². The van der Waals surface area contributed by atoms with Crippen LogP contribution in [0.1, 0.15) is 5.69 Å². The molecule has 87 valence electrons. The first kappa shape index (κ1) is 11.6. The van der Waals surface area contributed by atoms with E-state index in [1.807, 2.05) is 0 Å². The molecule has 2 aromatic heterocycles. The quantitative estimate of drug-likeness (QED) is 0.782. The largest absolute Gasteiger partial charge is 0.433 e. The van der Waals surface area contributed by atoms with E-state index in [-0.39, 0.29) is 16.9 Å². The first-order valence-corrected chi connectivity index (χ1v) is 4.53. The normalized spacial score (nSPS) is 11.5. The molecular formula is C8H2ClF3N5. The minimum atomic E-state index is -4.56. The average Bonchev–Trinajstić information content (AvgIpc) is 2.28. The summed E-state index contributed by atoms with van der Waals surface area (Å²) in [6.07, 6.45) is -1.47. The van der Waals surface area contributed by atoms with Gasteiger partial charge in [0.25, 0.3) is 0 Å². The predicted molar refractivity (Wildman–Crippen MR) is 49.7 cm³/mol. The molecule has 0 aliphatic heterocycles. The van der Waals surface area contributed by atoms with Gasteiger partial charge in [0, 0.05) is 6.20 Å². The van der Waals surface area contributed by atoms with Gasteiger partial charge >= 0.3 is 6.18 Å². The number of alkyl halides is 3. The van der Waals surface area contributed by atoms with Gasteiger partial charge in [-0.15, -0.1) is 0 Å². The molecule has 5 nitrogen and oxygen atoms in total. The minimum absolute atomic E-state index is 0.170. The third-order valence-corrected chi connectivity index (χ3v) is 1.81. The smallest absolute Gasteiger partial charge is 0.234 e. The third kappa shape index (κ3) is 2.64. The van der Waals surface area contributed by atoms with Gasteiger partial charge in [-0.2, -0.15) is 23.1 Å². The SMILES string of the molecule is FC(F)(F)c1ccnc(-c2n[c]nc(Cl)n2)n1. The third-order valence-electron chi connectivity index (χ3n) is 1.64. The van der Waals surface area contributed by atoms with E-state index >= 15 is 0 Å². The fourth-order valence-electron chi connectivity index (χ4n) is 0.975. The molecule has 2 rings (SSSR count). The first-order valence-electron chi connectivity index (χ1n) is 4.15. The fourth-order valence-corrected chi connectivity index (χ4v) is 1.09. The lowest BCUT2D eigenvalue weighted by atomic mass is 10.4. The summed E-state index contributed by atoms with van der Waals surface area (Å²) in [5.74, 6) is -0.462. The van der Waals surface area contributed by atoms with Crippen molar-refractivity contribution in [1.82, 2.24) is 24.9 Å². The highest BCUT2D eigenvalue weighted by molar-refractivity contribution is 6.28. The second-order valence-electron chi connectivity index (χ2n) is 2.79. The van der Waals surface area contributed by atoms with Crippen molar-refractivity contribution in [3.05, 3.63) is 29.6 Å². The van der Waals surface area contributed by atoms with Gasteiger partial charge in [0.2, 0.25) is 17.4 Å². The lowest BCUT2D eigenvalue weighted by Gasteiger charge is -2.05. The van der Waals surface area contributed by atoms with Crippen LogP contribution < -0.4 is 0 Å². The molecule has 0 unspecified atom stereocenters. The number of nitrogens with zero attached hydrogens (tertiary/aromatic N) is 5. The summed E-state index contributed by atoms with van der Waals surface area (Å²) in [7, 11) is 0. The number of hydrogen-bond acceptors (Lipinski definition) is 5. The summed E-state index contributed by atoms with van der Waals surface area (Å²) in [5.41, 5.74) is -1.08. The zero-order valence-electron chi connectivity index (χ0n) is 7.90. The molecule has 1 radical (unpaired) electrons. The van der Waals surface area contributed by atoms with E-state index in [1.54, 1.807) is 0 Å². The van der Waals surface area contributed by atoms with Crippen molar-refractivity contribution >= 4 is 11.6 Å². The summed E-state index contributed by atoms with van der Waals surface area (Å²) >= 11 is 5.45. The van der Waals surface area contributed by atoms with Crippen LogP contribution in [0.4, 0.5) is 13.2 Å². The Bertz CT molecular complexity index is 545. The van der Waals surface area contributed by atoms with Crippen molar-refractivity contribution in [2.45, 2.75) is 6.18 Å². The summed E-state index contributed by atoms with van der Waals surface area (Å²) in [6, 6.07) is 0.746. The van der Waals surface area contributed by atoms with E-state index in [4.69, 9.17) is 11.6 Å². The van der Waals surface area contributed by atoms with Crippen molar-refractivity contribution < 1.29 is 13.2 Å². The topological polar surface area (TPSA) is 64.5 Å². The lowest BCUT2D eigenvalue weighted by Crippen LogP contribution is -2.09. The molecule has 0 N–H and O–H groups in total. The number of halogens is 4. The minimum Gasteiger partial charge on any atom is -0.234 e. The molecule has 0 fully saturated rings. The van der Waals surface area contributed by atoms with E-state index in [2.05, 4.69) is 31.2 Å². The molecule has 9 heteroatoms. The van der Waals surface area contributed by atoms with Crippen molar-refractivity contribution in [2.24, 2.45) is 0 Å². The molecule has 0 aliphatic carbocycles. The van der Waals surface area contributed by atoms with Crippen molar-refractivity contribution in [1.29, 1.82) is 0 Å². The van der Waals surface area contributed by atoms with E-state index in [9.17, 15) is 13.2 Å². The summed E-state index contributed by atoms with van der Waals surface area (Å²) in [6.45, 7) is 0. The van der Waals surface area contributed by atoms with Crippen molar-refractivity contribution in [2.75, 3.05) is 0 Å². The molecule has 2 aromatic rings. The zero-order chi connectivity index (χ0) is 12.5. The molecule has 0 amide bonds. The van der Waals surface area contributed by atoms with Crippen LogP contribution in [-0.2, 0) is 6.18 Å². The lowest BCUT2D eigenvalue weighted by molar-refractivity contribution is -0.141. The second-order valence-corrected chi connectivity index (χ2v) is 3.13. The van der Waals surface area contributed by atoms with Crippen LogP contribution in [0.25, 0.3) is 11.6 Å². The standard InChI is InChI=1S/C8H2ClF3N5/c9-7-15-3-14-6(17-7)5-13-2-1-4(16-5)8(10,11)12/h1-2H. The van der Waals surface area contributed by atoms with Crippen LogP contribution >= 0.6 is 11.6 Å². The Balaban J connectivity index is 2.47. The molecular weight excluding hydrogens is 259 g/mol. The molecule has 17 heavy (non-hydrogen) atoms. The van der Waals surface area contributed by atoms with Crippen molar-refractivity contribution in [3.63, 3.8) is 0 Å². The number of aromatic nitrogens is 5. The number of hydrogen-bond donors (Lipinski definition) is 0. The van der Waals surface area contributed by atoms with Crippen LogP contribution in [0.3, 0.4) is 0 Å². The molecule has 0 aliphatic rings. The van der Waals surface area contributed by atoms with E-state index in [0.717, 1.165) is 12.3 Å². The van der Waals surface area contributed by atoms with Crippen LogP contribution in [0, 0.1) is 6.33 Å². The van der Waals surface area contributed by atoms with Gasteiger partial charge in [0.15, 0.2) is 5.82 Å². The van der Waals surface area contributed by atoms with Crippen LogP contribution in [0.15, 0.2) is 12.3 Å². The highest BCUT2D eigenvalue weighted by atomic mass is 35.5. The van der Waals surface area contributed by atoms with Crippen molar-refractivity contribution in [3.8, 4) is 11.6 Å². The molecule has 0 saturated carbocycles. The van der Waals surface area contributed by atoms with Gasteiger partial charge in [0.1, 0.15) is 5.69 Å². The predicted octanol–water partition coefficient (Wildman–Crippen LogP) is 1.80.